The Labute approximate surface area is 235 Å². The molecular formula is C32H40N2O6. The number of aromatic amines is 2. The number of H-pyrrole nitrogens is 2. The Morgan fingerprint density at radius 1 is 0.600 bits per heavy atom. The van der Waals surface area contributed by atoms with E-state index in [0.29, 0.717) is 33.7 Å². The van der Waals surface area contributed by atoms with Crippen molar-refractivity contribution < 1.29 is 28.5 Å². The minimum atomic E-state index is -0.766. The summed E-state index contributed by atoms with van der Waals surface area (Å²) in [6.07, 6.45) is 4.72. The molecule has 0 atom stereocenters. The molecule has 0 radical (unpaired) electrons. The molecule has 40 heavy (non-hydrogen) atoms. The maximum absolute atomic E-state index is 13.0. The first-order valence-corrected chi connectivity index (χ1v) is 14.5. The van der Waals surface area contributed by atoms with Crippen molar-refractivity contribution in [3.05, 3.63) is 48.5 Å². The molecule has 4 rings (SSSR count). The van der Waals surface area contributed by atoms with Gasteiger partial charge in [0.05, 0.1) is 0 Å². The monoisotopic (exact) mass is 548 g/mol. The Hall–Kier alpha value is -3.94. The minimum absolute atomic E-state index is 0.211. The topological polar surface area (TPSA) is 103 Å². The molecule has 2 aromatic carbocycles. The molecule has 0 fully saturated rings. The Bertz CT molecular complexity index is 1300. The first-order valence-electron chi connectivity index (χ1n) is 14.5. The molecule has 0 spiro atoms. The largest absolute Gasteiger partial charge is 0.514 e. The number of nitrogens with one attached hydrogen (secondary N) is 2. The fourth-order valence-electron chi connectivity index (χ4n) is 5.10. The first-order chi connectivity index (χ1) is 19.5. The summed E-state index contributed by atoms with van der Waals surface area (Å²) in [4.78, 5) is 32.7. The third-order valence-electron chi connectivity index (χ3n) is 6.91. The molecule has 0 saturated carbocycles. The average molecular weight is 549 g/mol. The van der Waals surface area contributed by atoms with E-state index in [4.69, 9.17) is 18.9 Å². The molecule has 0 aliphatic heterocycles. The van der Waals surface area contributed by atoms with Crippen molar-refractivity contribution in [2.24, 2.45) is 0 Å². The smallest absolute Gasteiger partial charge is 0.431 e. The number of fused-ring (bicyclic) bond motifs is 2. The van der Waals surface area contributed by atoms with Crippen molar-refractivity contribution in [3.8, 4) is 22.9 Å². The quantitative estimate of drug-likeness (QED) is 0.161. The van der Waals surface area contributed by atoms with Crippen LogP contribution in [0.25, 0.3) is 33.2 Å². The zero-order chi connectivity index (χ0) is 28.5. The van der Waals surface area contributed by atoms with Gasteiger partial charge in [-0.3, -0.25) is 0 Å². The van der Waals surface area contributed by atoms with Crippen LogP contribution in [0.15, 0.2) is 48.5 Å². The van der Waals surface area contributed by atoms with Crippen LogP contribution in [0.2, 0.25) is 0 Å². The highest BCUT2D eigenvalue weighted by molar-refractivity contribution is 6.01. The first kappa shape index (κ1) is 29.1. The van der Waals surface area contributed by atoms with Gasteiger partial charge in [-0.05, 0) is 49.9 Å². The third-order valence-corrected chi connectivity index (χ3v) is 6.91. The second-order valence-corrected chi connectivity index (χ2v) is 10.1. The van der Waals surface area contributed by atoms with Crippen molar-refractivity contribution in [1.29, 1.82) is 0 Å². The summed E-state index contributed by atoms with van der Waals surface area (Å²) in [5.41, 5.74) is 2.46. The Morgan fingerprint density at radius 2 is 0.950 bits per heavy atom. The van der Waals surface area contributed by atoms with Crippen molar-refractivity contribution in [2.45, 2.75) is 91.3 Å². The number of hydrogen-bond donors (Lipinski definition) is 2. The second kappa shape index (κ2) is 13.9. The summed E-state index contributed by atoms with van der Waals surface area (Å²) in [6, 6.07) is 15.1. The van der Waals surface area contributed by atoms with Crippen LogP contribution in [0.4, 0.5) is 9.59 Å². The number of aromatic nitrogens is 2. The van der Waals surface area contributed by atoms with Crippen LogP contribution in [-0.2, 0) is 9.47 Å². The van der Waals surface area contributed by atoms with Gasteiger partial charge in [-0.2, -0.15) is 0 Å². The molecule has 2 N–H and O–H groups in total. The number of rotatable bonds is 13. The van der Waals surface area contributed by atoms with Gasteiger partial charge in [-0.25, -0.2) is 9.59 Å². The zero-order valence-corrected chi connectivity index (χ0v) is 23.9. The third kappa shape index (κ3) is 6.79. The van der Waals surface area contributed by atoms with Crippen molar-refractivity contribution in [1.82, 2.24) is 9.97 Å². The second-order valence-electron chi connectivity index (χ2n) is 10.1. The lowest BCUT2D eigenvalue weighted by Gasteiger charge is -2.17. The lowest BCUT2D eigenvalue weighted by atomic mass is 10.1. The average Bonchev–Trinajstić information content (AvgIpc) is 3.47. The highest BCUT2D eigenvalue weighted by Gasteiger charge is 2.27. The number of para-hydroxylation sites is 2. The van der Waals surface area contributed by atoms with Crippen LogP contribution in [0.1, 0.15) is 79.1 Å². The molecule has 2 heterocycles. The van der Waals surface area contributed by atoms with Gasteiger partial charge in [0.1, 0.15) is 23.6 Å². The van der Waals surface area contributed by atoms with E-state index in [0.717, 1.165) is 62.4 Å². The van der Waals surface area contributed by atoms with Gasteiger partial charge < -0.3 is 28.9 Å². The molecule has 4 aromatic rings. The molecule has 0 aliphatic rings. The Kier molecular flexibility index (Phi) is 10.1. The van der Waals surface area contributed by atoms with E-state index in [1.54, 1.807) is 0 Å². The number of hydrogen-bond acceptors (Lipinski definition) is 6. The summed E-state index contributed by atoms with van der Waals surface area (Å²) < 4.78 is 23.1. The Balaban J connectivity index is 1.73. The maximum atomic E-state index is 13.0. The summed E-state index contributed by atoms with van der Waals surface area (Å²) in [5, 5.41) is 1.41. The lowest BCUT2D eigenvalue weighted by Crippen LogP contribution is -2.21. The molecule has 0 bridgehead atoms. The molecule has 8 heteroatoms. The van der Waals surface area contributed by atoms with E-state index >= 15 is 0 Å². The molecule has 0 saturated heterocycles. The van der Waals surface area contributed by atoms with E-state index in [-0.39, 0.29) is 12.2 Å². The number of ether oxygens (including phenoxy) is 4. The van der Waals surface area contributed by atoms with Crippen LogP contribution in [0, 0.1) is 0 Å². The van der Waals surface area contributed by atoms with Gasteiger partial charge in [-0.1, -0.05) is 77.6 Å². The molecule has 0 aliphatic carbocycles. The fourth-order valence-corrected chi connectivity index (χ4v) is 5.10. The van der Waals surface area contributed by atoms with E-state index < -0.39 is 12.3 Å². The van der Waals surface area contributed by atoms with Gasteiger partial charge in [0.2, 0.25) is 0 Å². The molecular weight excluding hydrogens is 508 g/mol. The summed E-state index contributed by atoms with van der Waals surface area (Å²) in [5.74, 6) is 0.596. The Morgan fingerprint density at radius 3 is 1.30 bits per heavy atom. The number of carbonyl (C=O) groups excluding carboxylic acids is 2. The van der Waals surface area contributed by atoms with Crippen molar-refractivity contribution in [3.63, 3.8) is 0 Å². The van der Waals surface area contributed by atoms with Crippen LogP contribution >= 0.6 is 0 Å². The minimum Gasteiger partial charge on any atom is -0.431 e. The normalized spacial score (nSPS) is 11.4. The summed E-state index contributed by atoms with van der Waals surface area (Å²) >= 11 is 0. The summed E-state index contributed by atoms with van der Waals surface area (Å²) in [6.45, 7) is 8.24. The van der Waals surface area contributed by atoms with E-state index in [1.165, 1.54) is 0 Å². The lowest BCUT2D eigenvalue weighted by molar-refractivity contribution is 0.0492. The van der Waals surface area contributed by atoms with Crippen LogP contribution in [0.3, 0.4) is 0 Å². The maximum Gasteiger partial charge on any atom is 0.514 e. The fraction of sp³-hybridized carbons (Fsp3) is 0.438. The SMILES string of the molecule is CCCC(CCC)OC(=O)Oc1c(-c2[nH]c3ccccc3c2OC(=O)OC(CCC)CCC)[nH]c2ccccc12. The predicted octanol–water partition coefficient (Wildman–Crippen LogP) is 9.28. The van der Waals surface area contributed by atoms with Crippen molar-refractivity contribution in [2.75, 3.05) is 0 Å². The van der Waals surface area contributed by atoms with E-state index in [9.17, 15) is 9.59 Å². The summed E-state index contributed by atoms with van der Waals surface area (Å²) in [7, 11) is 0. The molecule has 2 aromatic heterocycles. The van der Waals surface area contributed by atoms with E-state index in [1.807, 2.05) is 48.5 Å². The number of carbonyl (C=O) groups is 2. The standard InChI is InChI=1S/C32H40N2O6/c1-5-13-21(14-6-2)37-31(35)39-29-23-17-9-11-19-25(23)33-27(29)28-30(24-18-10-12-20-26(24)34-28)40-32(36)38-22(15-7-3)16-8-4/h9-12,17-22,33-34H,5-8,13-16H2,1-4H3. The zero-order valence-electron chi connectivity index (χ0n) is 23.9. The van der Waals surface area contributed by atoms with Gasteiger partial charge in [0.15, 0.2) is 11.5 Å². The van der Waals surface area contributed by atoms with Gasteiger partial charge in [0.25, 0.3) is 0 Å². The molecule has 0 amide bonds. The predicted molar refractivity (Wildman–Crippen MR) is 157 cm³/mol. The number of benzene rings is 2. The highest BCUT2D eigenvalue weighted by atomic mass is 16.7. The van der Waals surface area contributed by atoms with Crippen LogP contribution in [0.5, 0.6) is 11.5 Å². The van der Waals surface area contributed by atoms with Crippen LogP contribution < -0.4 is 9.47 Å². The van der Waals surface area contributed by atoms with Crippen LogP contribution in [-0.4, -0.2) is 34.5 Å². The molecule has 214 valence electrons. The van der Waals surface area contributed by atoms with Gasteiger partial charge in [0, 0.05) is 21.8 Å². The highest BCUT2D eigenvalue weighted by Crippen LogP contribution is 2.44. The molecule has 0 unspecified atom stereocenters. The van der Waals surface area contributed by atoms with Gasteiger partial charge in [-0.15, -0.1) is 0 Å². The van der Waals surface area contributed by atoms with Crippen molar-refractivity contribution >= 4 is 34.1 Å². The molecule has 8 nitrogen and oxygen atoms in total. The van der Waals surface area contributed by atoms with Gasteiger partial charge >= 0.3 is 12.3 Å². The van der Waals surface area contributed by atoms with E-state index in [2.05, 4.69) is 37.7 Å².